The van der Waals surface area contributed by atoms with Gasteiger partial charge in [0.15, 0.2) is 0 Å². The van der Waals surface area contributed by atoms with Gasteiger partial charge >= 0.3 is 0 Å². The van der Waals surface area contributed by atoms with E-state index < -0.39 is 6.10 Å². The van der Waals surface area contributed by atoms with Gasteiger partial charge in [-0.3, -0.25) is 9.88 Å². The molecule has 1 fully saturated rings. The van der Waals surface area contributed by atoms with Crippen LogP contribution in [0.15, 0.2) is 54.9 Å². The van der Waals surface area contributed by atoms with Crippen molar-refractivity contribution in [3.05, 3.63) is 66.0 Å². The van der Waals surface area contributed by atoms with E-state index >= 15 is 0 Å². The number of likely N-dealkylation sites (tertiary alicyclic amines) is 1. The summed E-state index contributed by atoms with van der Waals surface area (Å²) in [5.74, 6) is 6.13. The maximum atomic E-state index is 10.1. The van der Waals surface area contributed by atoms with Gasteiger partial charge in [-0.25, -0.2) is 0 Å². The van der Waals surface area contributed by atoms with Gasteiger partial charge in [0.25, 0.3) is 0 Å². The van der Waals surface area contributed by atoms with Crippen molar-refractivity contribution in [1.29, 1.82) is 0 Å². The SMILES string of the molecule is O[C@H](C#CCN1CCCC[C@@H]1c1cccnc1)c1ccccc1. The molecule has 0 radical (unpaired) electrons. The van der Waals surface area contributed by atoms with Gasteiger partial charge in [0.05, 0.1) is 6.54 Å². The number of pyridine rings is 1. The van der Waals surface area contributed by atoms with Crippen LogP contribution in [0.1, 0.15) is 42.5 Å². The Hall–Kier alpha value is -2.15. The third kappa shape index (κ3) is 4.19. The average molecular weight is 306 g/mol. The van der Waals surface area contributed by atoms with Crippen LogP contribution in [-0.2, 0) is 0 Å². The standard InChI is InChI=1S/C20H22N2O/c23-20(17-8-2-1-3-9-17)12-7-15-22-14-5-4-11-19(22)18-10-6-13-21-16-18/h1-3,6,8-10,13,16,19-20,23H,4-5,11,14-15H2/t19-,20-/m1/s1. The Morgan fingerprint density at radius 2 is 2.04 bits per heavy atom. The van der Waals surface area contributed by atoms with Gasteiger partial charge in [0.2, 0.25) is 0 Å². The van der Waals surface area contributed by atoms with Gasteiger partial charge in [-0.15, -0.1) is 0 Å². The van der Waals surface area contributed by atoms with Crippen LogP contribution in [0.25, 0.3) is 0 Å². The molecule has 1 aliphatic heterocycles. The van der Waals surface area contributed by atoms with Crippen molar-refractivity contribution in [3.63, 3.8) is 0 Å². The predicted molar refractivity (Wildman–Crippen MR) is 91.6 cm³/mol. The molecular weight excluding hydrogens is 284 g/mol. The van der Waals surface area contributed by atoms with Crippen LogP contribution in [0.4, 0.5) is 0 Å². The smallest absolute Gasteiger partial charge is 0.140 e. The molecule has 1 aromatic carbocycles. The second-order valence-electron chi connectivity index (χ2n) is 5.90. The number of hydrogen-bond donors (Lipinski definition) is 1. The highest BCUT2D eigenvalue weighted by Crippen LogP contribution is 2.29. The highest BCUT2D eigenvalue weighted by atomic mass is 16.3. The fourth-order valence-electron chi connectivity index (χ4n) is 3.09. The Labute approximate surface area is 138 Å². The first-order valence-corrected chi connectivity index (χ1v) is 8.20. The second kappa shape index (κ2) is 7.92. The van der Waals surface area contributed by atoms with Crippen LogP contribution < -0.4 is 0 Å². The van der Waals surface area contributed by atoms with E-state index in [1.165, 1.54) is 18.4 Å². The van der Waals surface area contributed by atoms with E-state index in [1.807, 2.05) is 48.8 Å². The molecule has 3 rings (SSSR count). The normalized spacial score (nSPS) is 19.6. The van der Waals surface area contributed by atoms with Crippen LogP contribution >= 0.6 is 0 Å². The van der Waals surface area contributed by atoms with Crippen molar-refractivity contribution >= 4 is 0 Å². The molecule has 0 aliphatic carbocycles. The van der Waals surface area contributed by atoms with Crippen LogP contribution in [0.5, 0.6) is 0 Å². The molecule has 0 bridgehead atoms. The van der Waals surface area contributed by atoms with Crippen LogP contribution in [0.3, 0.4) is 0 Å². The minimum atomic E-state index is -0.710. The van der Waals surface area contributed by atoms with Crippen molar-refractivity contribution in [1.82, 2.24) is 9.88 Å². The monoisotopic (exact) mass is 306 g/mol. The molecule has 0 spiro atoms. The number of aromatic nitrogens is 1. The topological polar surface area (TPSA) is 36.4 Å². The molecule has 0 amide bonds. The van der Waals surface area contributed by atoms with E-state index in [2.05, 4.69) is 27.8 Å². The molecule has 23 heavy (non-hydrogen) atoms. The summed E-state index contributed by atoms with van der Waals surface area (Å²) in [6, 6.07) is 14.1. The number of nitrogens with zero attached hydrogens (tertiary/aromatic N) is 2. The summed E-state index contributed by atoms with van der Waals surface area (Å²) >= 11 is 0. The van der Waals surface area contributed by atoms with E-state index in [1.54, 1.807) is 0 Å². The highest BCUT2D eigenvalue weighted by Gasteiger charge is 2.23. The van der Waals surface area contributed by atoms with Crippen LogP contribution in [0, 0.1) is 11.8 Å². The molecule has 3 nitrogen and oxygen atoms in total. The van der Waals surface area contributed by atoms with Gasteiger partial charge < -0.3 is 5.11 Å². The van der Waals surface area contributed by atoms with E-state index in [9.17, 15) is 5.11 Å². The van der Waals surface area contributed by atoms with Crippen molar-refractivity contribution in [2.45, 2.75) is 31.4 Å². The zero-order valence-electron chi connectivity index (χ0n) is 13.2. The molecule has 2 aromatic rings. The first-order chi connectivity index (χ1) is 11.3. The first kappa shape index (κ1) is 15.7. The summed E-state index contributed by atoms with van der Waals surface area (Å²) in [5.41, 5.74) is 2.11. The maximum Gasteiger partial charge on any atom is 0.140 e. The van der Waals surface area contributed by atoms with E-state index in [0.717, 1.165) is 18.5 Å². The van der Waals surface area contributed by atoms with Crippen molar-refractivity contribution in [2.75, 3.05) is 13.1 Å². The minimum Gasteiger partial charge on any atom is -0.376 e. The predicted octanol–water partition coefficient (Wildman–Crippen LogP) is 3.35. The van der Waals surface area contributed by atoms with Gasteiger partial charge in [0.1, 0.15) is 6.10 Å². The number of hydrogen-bond acceptors (Lipinski definition) is 3. The van der Waals surface area contributed by atoms with Crippen molar-refractivity contribution in [3.8, 4) is 11.8 Å². The third-order valence-corrected chi connectivity index (χ3v) is 4.32. The molecule has 0 unspecified atom stereocenters. The molecule has 1 aromatic heterocycles. The largest absolute Gasteiger partial charge is 0.376 e. The third-order valence-electron chi connectivity index (χ3n) is 4.32. The number of benzene rings is 1. The molecule has 118 valence electrons. The van der Waals surface area contributed by atoms with Crippen LogP contribution in [0.2, 0.25) is 0 Å². The Morgan fingerprint density at radius 3 is 2.83 bits per heavy atom. The van der Waals surface area contributed by atoms with Crippen molar-refractivity contribution in [2.24, 2.45) is 0 Å². The molecule has 0 saturated carbocycles. The molecule has 2 atom stereocenters. The lowest BCUT2D eigenvalue weighted by Crippen LogP contribution is -2.33. The summed E-state index contributed by atoms with van der Waals surface area (Å²) in [6.07, 6.45) is 6.66. The summed E-state index contributed by atoms with van der Waals surface area (Å²) in [4.78, 5) is 6.63. The van der Waals surface area contributed by atoms with Gasteiger partial charge in [-0.2, -0.15) is 0 Å². The lowest BCUT2D eigenvalue weighted by molar-refractivity contribution is 0.168. The average Bonchev–Trinajstić information content (AvgIpc) is 2.63. The maximum absolute atomic E-state index is 10.1. The summed E-state index contributed by atoms with van der Waals surface area (Å²) in [6.45, 7) is 1.74. The van der Waals surface area contributed by atoms with Gasteiger partial charge in [-0.1, -0.05) is 54.7 Å². The van der Waals surface area contributed by atoms with Gasteiger partial charge in [0, 0.05) is 18.4 Å². The second-order valence-corrected chi connectivity index (χ2v) is 5.90. The fourth-order valence-corrected chi connectivity index (χ4v) is 3.09. The molecule has 1 aliphatic rings. The number of aliphatic hydroxyl groups excluding tert-OH is 1. The zero-order valence-corrected chi connectivity index (χ0v) is 13.2. The fraction of sp³-hybridized carbons (Fsp3) is 0.350. The number of aliphatic hydroxyl groups is 1. The molecular formula is C20H22N2O. The molecule has 1 N–H and O–H groups in total. The van der Waals surface area contributed by atoms with E-state index in [4.69, 9.17) is 0 Å². The Morgan fingerprint density at radius 1 is 1.17 bits per heavy atom. The van der Waals surface area contributed by atoms with Crippen molar-refractivity contribution < 1.29 is 5.11 Å². The minimum absolute atomic E-state index is 0.389. The molecule has 3 heteroatoms. The summed E-state index contributed by atoms with van der Waals surface area (Å²) in [5, 5.41) is 10.1. The molecule has 2 heterocycles. The molecule has 1 saturated heterocycles. The first-order valence-electron chi connectivity index (χ1n) is 8.20. The summed E-state index contributed by atoms with van der Waals surface area (Å²) in [7, 11) is 0. The number of rotatable bonds is 3. The Bertz CT molecular complexity index is 660. The van der Waals surface area contributed by atoms with Crippen LogP contribution in [-0.4, -0.2) is 28.1 Å². The lowest BCUT2D eigenvalue weighted by atomic mass is 9.96. The quantitative estimate of drug-likeness (QED) is 0.884. The lowest BCUT2D eigenvalue weighted by Gasteiger charge is -2.34. The van der Waals surface area contributed by atoms with E-state index in [-0.39, 0.29) is 0 Å². The van der Waals surface area contributed by atoms with E-state index in [0.29, 0.717) is 12.6 Å². The zero-order chi connectivity index (χ0) is 15.9. The summed E-state index contributed by atoms with van der Waals surface area (Å²) < 4.78 is 0. The highest BCUT2D eigenvalue weighted by molar-refractivity contribution is 5.25. The Balaban J connectivity index is 1.65. The van der Waals surface area contributed by atoms with Gasteiger partial charge in [-0.05, 0) is 36.6 Å². The Kier molecular flexibility index (Phi) is 5.42. The number of piperidine rings is 1.